The van der Waals surface area contributed by atoms with Gasteiger partial charge < -0.3 is 10.5 Å². The summed E-state index contributed by atoms with van der Waals surface area (Å²) in [6.07, 6.45) is 6.30. The van der Waals surface area contributed by atoms with Crippen LogP contribution in [-0.2, 0) is 11.8 Å². The fraction of sp³-hybridized carbons (Fsp3) is 0.727. The number of methoxy groups -OCH3 is 1. The van der Waals surface area contributed by atoms with Gasteiger partial charge in [0.2, 0.25) is 0 Å². The highest BCUT2D eigenvalue weighted by Gasteiger charge is 2.41. The number of nitrogens with two attached hydrogens (primary N) is 1. The van der Waals surface area contributed by atoms with Gasteiger partial charge in [0, 0.05) is 20.4 Å². The molecule has 0 spiro atoms. The Hall–Kier alpha value is -0.870. The summed E-state index contributed by atoms with van der Waals surface area (Å²) in [7, 11) is 3.69. The standard InChI is InChI=1S/C11H19N3O/c1-14-9(5-8-13-14)10(12)11(15-2)6-3-4-7-11/h5,8,10H,3-4,6-7,12H2,1-2H3. The van der Waals surface area contributed by atoms with Gasteiger partial charge >= 0.3 is 0 Å². The van der Waals surface area contributed by atoms with Crippen LogP contribution in [0.1, 0.15) is 37.4 Å². The molecule has 1 unspecified atom stereocenters. The van der Waals surface area contributed by atoms with E-state index in [2.05, 4.69) is 5.10 Å². The zero-order chi connectivity index (χ0) is 10.9. The zero-order valence-corrected chi connectivity index (χ0v) is 9.44. The highest BCUT2D eigenvalue weighted by atomic mass is 16.5. The molecule has 0 aliphatic heterocycles. The first-order valence-electron chi connectivity index (χ1n) is 5.48. The predicted octanol–water partition coefficient (Wildman–Crippen LogP) is 1.38. The Morgan fingerprint density at radius 2 is 2.20 bits per heavy atom. The Kier molecular flexibility index (Phi) is 2.80. The van der Waals surface area contributed by atoms with Crippen LogP contribution >= 0.6 is 0 Å². The van der Waals surface area contributed by atoms with E-state index in [1.165, 1.54) is 12.8 Å². The average Bonchev–Trinajstić information content (AvgIpc) is 2.86. The lowest BCUT2D eigenvalue weighted by molar-refractivity contribution is -0.0282. The molecule has 0 bridgehead atoms. The smallest absolute Gasteiger partial charge is 0.0885 e. The Morgan fingerprint density at radius 1 is 1.53 bits per heavy atom. The summed E-state index contributed by atoms with van der Waals surface area (Å²) in [5.74, 6) is 0. The number of hydrogen-bond acceptors (Lipinski definition) is 3. The van der Waals surface area contributed by atoms with Gasteiger partial charge in [-0.05, 0) is 18.9 Å². The van der Waals surface area contributed by atoms with Crippen LogP contribution in [0.2, 0.25) is 0 Å². The molecular formula is C11H19N3O. The van der Waals surface area contributed by atoms with Gasteiger partial charge in [-0.2, -0.15) is 5.10 Å². The third kappa shape index (κ3) is 1.68. The first kappa shape index (κ1) is 10.6. The second-order valence-electron chi connectivity index (χ2n) is 4.33. The summed E-state index contributed by atoms with van der Waals surface area (Å²) in [6.45, 7) is 0. The Bertz CT molecular complexity index is 328. The molecule has 1 heterocycles. The molecule has 1 aromatic rings. The summed E-state index contributed by atoms with van der Waals surface area (Å²) in [5.41, 5.74) is 7.19. The molecular weight excluding hydrogens is 190 g/mol. The lowest BCUT2D eigenvalue weighted by atomic mass is 9.90. The molecule has 1 atom stereocenters. The van der Waals surface area contributed by atoms with Crippen LogP contribution in [0.15, 0.2) is 12.3 Å². The average molecular weight is 209 g/mol. The van der Waals surface area contributed by atoms with Gasteiger partial charge in [-0.15, -0.1) is 0 Å². The van der Waals surface area contributed by atoms with E-state index in [1.807, 2.05) is 17.8 Å². The van der Waals surface area contributed by atoms with E-state index >= 15 is 0 Å². The van der Waals surface area contributed by atoms with Gasteiger partial charge in [-0.25, -0.2) is 0 Å². The molecule has 4 nitrogen and oxygen atoms in total. The summed E-state index contributed by atoms with van der Waals surface area (Å²) >= 11 is 0. The van der Waals surface area contributed by atoms with E-state index in [1.54, 1.807) is 13.3 Å². The fourth-order valence-corrected chi connectivity index (χ4v) is 2.57. The van der Waals surface area contributed by atoms with Crippen LogP contribution in [0.3, 0.4) is 0 Å². The maximum absolute atomic E-state index is 6.31. The molecule has 1 aromatic heterocycles. The first-order chi connectivity index (χ1) is 7.19. The van der Waals surface area contributed by atoms with Crippen LogP contribution in [0, 0.1) is 0 Å². The molecule has 2 N–H and O–H groups in total. The van der Waals surface area contributed by atoms with Gasteiger partial charge in [0.05, 0.1) is 17.3 Å². The van der Waals surface area contributed by atoms with Gasteiger partial charge in [0.25, 0.3) is 0 Å². The monoisotopic (exact) mass is 209 g/mol. The van der Waals surface area contributed by atoms with Crippen LogP contribution in [0.5, 0.6) is 0 Å². The van der Waals surface area contributed by atoms with Gasteiger partial charge in [0.1, 0.15) is 0 Å². The second kappa shape index (κ2) is 3.94. The number of hydrogen-bond donors (Lipinski definition) is 1. The molecule has 1 aliphatic carbocycles. The van der Waals surface area contributed by atoms with Crippen molar-refractivity contribution >= 4 is 0 Å². The molecule has 0 saturated heterocycles. The van der Waals surface area contributed by atoms with Crippen molar-refractivity contribution < 1.29 is 4.74 Å². The minimum Gasteiger partial charge on any atom is -0.376 e. The Morgan fingerprint density at radius 3 is 2.67 bits per heavy atom. The van der Waals surface area contributed by atoms with Crippen LogP contribution in [0.25, 0.3) is 0 Å². The van der Waals surface area contributed by atoms with Crippen molar-refractivity contribution in [1.82, 2.24) is 9.78 Å². The maximum atomic E-state index is 6.31. The van der Waals surface area contributed by atoms with E-state index in [-0.39, 0.29) is 11.6 Å². The van der Waals surface area contributed by atoms with Crippen LogP contribution in [-0.4, -0.2) is 22.5 Å². The van der Waals surface area contributed by atoms with Gasteiger partial charge in [-0.1, -0.05) is 12.8 Å². The number of aryl methyl sites for hydroxylation is 1. The minimum atomic E-state index is -0.173. The van der Waals surface area contributed by atoms with Crippen molar-refractivity contribution in [3.8, 4) is 0 Å². The quantitative estimate of drug-likeness (QED) is 0.818. The molecule has 1 saturated carbocycles. The molecule has 0 radical (unpaired) electrons. The van der Waals surface area contributed by atoms with Crippen LogP contribution < -0.4 is 5.73 Å². The van der Waals surface area contributed by atoms with Crippen molar-refractivity contribution in [2.24, 2.45) is 12.8 Å². The molecule has 84 valence electrons. The van der Waals surface area contributed by atoms with E-state index in [0.717, 1.165) is 18.5 Å². The second-order valence-corrected chi connectivity index (χ2v) is 4.33. The topological polar surface area (TPSA) is 53.1 Å². The third-order valence-electron chi connectivity index (χ3n) is 3.60. The highest BCUT2D eigenvalue weighted by molar-refractivity contribution is 5.13. The summed E-state index contributed by atoms with van der Waals surface area (Å²) in [4.78, 5) is 0. The largest absolute Gasteiger partial charge is 0.376 e. The number of nitrogens with zero attached hydrogens (tertiary/aromatic N) is 2. The fourth-order valence-electron chi connectivity index (χ4n) is 2.57. The molecule has 0 aromatic carbocycles. The number of rotatable bonds is 3. The Balaban J connectivity index is 2.26. The molecule has 2 rings (SSSR count). The van der Waals surface area contributed by atoms with Crippen molar-refractivity contribution in [1.29, 1.82) is 0 Å². The molecule has 1 aliphatic rings. The number of ether oxygens (including phenoxy) is 1. The lowest BCUT2D eigenvalue weighted by Gasteiger charge is -2.33. The predicted molar refractivity (Wildman–Crippen MR) is 58.3 cm³/mol. The lowest BCUT2D eigenvalue weighted by Crippen LogP contribution is -2.41. The first-order valence-corrected chi connectivity index (χ1v) is 5.48. The SMILES string of the molecule is COC1(C(N)c2ccnn2C)CCCC1. The van der Waals surface area contributed by atoms with E-state index in [4.69, 9.17) is 10.5 Å². The normalized spacial score (nSPS) is 21.8. The van der Waals surface area contributed by atoms with Gasteiger partial charge in [0.15, 0.2) is 0 Å². The van der Waals surface area contributed by atoms with Crippen molar-refractivity contribution in [3.05, 3.63) is 18.0 Å². The van der Waals surface area contributed by atoms with Crippen LogP contribution in [0.4, 0.5) is 0 Å². The summed E-state index contributed by atoms with van der Waals surface area (Å²) in [6, 6.07) is 1.90. The zero-order valence-electron chi connectivity index (χ0n) is 9.44. The van der Waals surface area contributed by atoms with Crippen molar-refractivity contribution in [2.45, 2.75) is 37.3 Å². The highest BCUT2D eigenvalue weighted by Crippen LogP contribution is 2.40. The Labute approximate surface area is 90.4 Å². The maximum Gasteiger partial charge on any atom is 0.0885 e. The van der Waals surface area contributed by atoms with Crippen molar-refractivity contribution in [3.63, 3.8) is 0 Å². The van der Waals surface area contributed by atoms with Gasteiger partial charge in [-0.3, -0.25) is 4.68 Å². The molecule has 0 amide bonds. The minimum absolute atomic E-state index is 0.0718. The summed E-state index contributed by atoms with van der Waals surface area (Å²) in [5, 5.41) is 4.16. The van der Waals surface area contributed by atoms with E-state index in [0.29, 0.717) is 0 Å². The summed E-state index contributed by atoms with van der Waals surface area (Å²) < 4.78 is 7.51. The third-order valence-corrected chi connectivity index (χ3v) is 3.60. The molecule has 1 fully saturated rings. The molecule has 15 heavy (non-hydrogen) atoms. The van der Waals surface area contributed by atoms with Crippen molar-refractivity contribution in [2.75, 3.05) is 7.11 Å². The van der Waals surface area contributed by atoms with E-state index < -0.39 is 0 Å². The molecule has 4 heteroatoms. The van der Waals surface area contributed by atoms with E-state index in [9.17, 15) is 0 Å². The number of aromatic nitrogens is 2.